The van der Waals surface area contributed by atoms with Crippen molar-refractivity contribution in [2.24, 2.45) is 0 Å². The number of rotatable bonds is 1. The predicted octanol–water partition coefficient (Wildman–Crippen LogP) is 2.12. The minimum atomic E-state index is 0.0671. The van der Waals surface area contributed by atoms with E-state index >= 15 is 0 Å². The molecule has 1 amide bonds. The molecular formula is C12H14ClNO2. The van der Waals surface area contributed by atoms with Crippen LogP contribution in [0.5, 0.6) is 0 Å². The van der Waals surface area contributed by atoms with Crippen LogP contribution in [-0.2, 0) is 4.74 Å². The number of aryl methyl sites for hydroxylation is 1. The highest BCUT2D eigenvalue weighted by Gasteiger charge is 2.19. The summed E-state index contributed by atoms with van der Waals surface area (Å²) in [5, 5.41) is 0.663. The van der Waals surface area contributed by atoms with Crippen molar-refractivity contribution in [3.8, 4) is 0 Å². The van der Waals surface area contributed by atoms with Gasteiger partial charge in [0.25, 0.3) is 5.91 Å². The van der Waals surface area contributed by atoms with Gasteiger partial charge in [-0.1, -0.05) is 11.6 Å². The van der Waals surface area contributed by atoms with E-state index in [-0.39, 0.29) is 5.91 Å². The second-order valence-electron chi connectivity index (χ2n) is 3.86. The molecule has 0 aliphatic carbocycles. The molecule has 1 aliphatic rings. The number of hydrogen-bond acceptors (Lipinski definition) is 2. The third-order valence-corrected chi connectivity index (χ3v) is 2.95. The third kappa shape index (κ3) is 2.36. The minimum absolute atomic E-state index is 0.0671. The molecule has 0 aromatic heterocycles. The summed E-state index contributed by atoms with van der Waals surface area (Å²) in [6.07, 6.45) is 0. The van der Waals surface area contributed by atoms with Crippen LogP contribution in [0, 0.1) is 6.92 Å². The van der Waals surface area contributed by atoms with E-state index in [1.165, 1.54) is 0 Å². The molecule has 0 N–H and O–H groups in total. The number of amides is 1. The van der Waals surface area contributed by atoms with Crippen molar-refractivity contribution < 1.29 is 9.53 Å². The van der Waals surface area contributed by atoms with Gasteiger partial charge in [-0.25, -0.2) is 0 Å². The molecule has 4 heteroatoms. The molecule has 1 saturated heterocycles. The van der Waals surface area contributed by atoms with Crippen LogP contribution in [0.3, 0.4) is 0 Å². The molecule has 1 heterocycles. The Hall–Kier alpha value is -1.06. The van der Waals surface area contributed by atoms with E-state index in [9.17, 15) is 4.79 Å². The van der Waals surface area contributed by atoms with E-state index in [1.54, 1.807) is 12.1 Å². The van der Waals surface area contributed by atoms with Crippen LogP contribution in [0.4, 0.5) is 0 Å². The van der Waals surface area contributed by atoms with Crippen molar-refractivity contribution in [3.05, 3.63) is 34.3 Å². The molecule has 0 unspecified atom stereocenters. The van der Waals surface area contributed by atoms with Crippen LogP contribution < -0.4 is 0 Å². The number of carbonyl (C=O) groups is 1. The third-order valence-electron chi connectivity index (χ3n) is 2.72. The lowest BCUT2D eigenvalue weighted by Crippen LogP contribution is -2.40. The fourth-order valence-electron chi connectivity index (χ4n) is 1.80. The van der Waals surface area contributed by atoms with E-state index in [0.29, 0.717) is 31.3 Å². The largest absolute Gasteiger partial charge is 0.378 e. The lowest BCUT2D eigenvalue weighted by atomic mass is 10.1. The van der Waals surface area contributed by atoms with Gasteiger partial charge in [0, 0.05) is 23.7 Å². The molecule has 16 heavy (non-hydrogen) atoms. The van der Waals surface area contributed by atoms with E-state index in [1.807, 2.05) is 17.9 Å². The molecule has 1 aromatic carbocycles. The van der Waals surface area contributed by atoms with Crippen molar-refractivity contribution in [3.63, 3.8) is 0 Å². The van der Waals surface area contributed by atoms with Gasteiger partial charge in [-0.05, 0) is 30.7 Å². The molecule has 86 valence electrons. The van der Waals surface area contributed by atoms with Gasteiger partial charge < -0.3 is 9.64 Å². The average Bonchev–Trinajstić information content (AvgIpc) is 2.29. The number of morpholine rings is 1. The molecule has 0 spiro atoms. The Morgan fingerprint density at radius 3 is 2.69 bits per heavy atom. The zero-order valence-corrected chi connectivity index (χ0v) is 9.96. The van der Waals surface area contributed by atoms with Crippen molar-refractivity contribution in [2.45, 2.75) is 6.92 Å². The normalized spacial score (nSPS) is 16.2. The van der Waals surface area contributed by atoms with Crippen LogP contribution in [0.2, 0.25) is 5.02 Å². The average molecular weight is 240 g/mol. The number of nitrogens with zero attached hydrogens (tertiary/aromatic N) is 1. The van der Waals surface area contributed by atoms with Crippen molar-refractivity contribution in [2.75, 3.05) is 26.3 Å². The van der Waals surface area contributed by atoms with Gasteiger partial charge in [0.1, 0.15) is 0 Å². The Morgan fingerprint density at radius 2 is 2.06 bits per heavy atom. The summed E-state index contributed by atoms with van der Waals surface area (Å²) in [5.74, 6) is 0.0671. The standard InChI is InChI=1S/C12H14ClNO2/c1-9-8-10(13)2-3-11(9)12(15)14-4-6-16-7-5-14/h2-3,8H,4-7H2,1H3. The van der Waals surface area contributed by atoms with Gasteiger partial charge in [0.2, 0.25) is 0 Å². The van der Waals surface area contributed by atoms with E-state index in [4.69, 9.17) is 16.3 Å². The van der Waals surface area contributed by atoms with Gasteiger partial charge in [-0.2, -0.15) is 0 Å². The first-order valence-corrected chi connectivity index (χ1v) is 5.69. The summed E-state index contributed by atoms with van der Waals surface area (Å²) in [4.78, 5) is 14.0. The summed E-state index contributed by atoms with van der Waals surface area (Å²) < 4.78 is 5.22. The molecule has 0 saturated carbocycles. The highest BCUT2D eigenvalue weighted by molar-refractivity contribution is 6.30. The van der Waals surface area contributed by atoms with E-state index in [2.05, 4.69) is 0 Å². The molecule has 1 fully saturated rings. The topological polar surface area (TPSA) is 29.5 Å². The predicted molar refractivity (Wildman–Crippen MR) is 62.9 cm³/mol. The van der Waals surface area contributed by atoms with Crippen molar-refractivity contribution in [1.29, 1.82) is 0 Å². The number of hydrogen-bond donors (Lipinski definition) is 0. The highest BCUT2D eigenvalue weighted by atomic mass is 35.5. The van der Waals surface area contributed by atoms with Gasteiger partial charge in [0.05, 0.1) is 13.2 Å². The Labute approximate surface area is 100.0 Å². The van der Waals surface area contributed by atoms with Gasteiger partial charge in [-0.15, -0.1) is 0 Å². The quantitative estimate of drug-likeness (QED) is 0.751. The van der Waals surface area contributed by atoms with Crippen molar-refractivity contribution >= 4 is 17.5 Å². The smallest absolute Gasteiger partial charge is 0.254 e. The summed E-state index contributed by atoms with van der Waals surface area (Å²) in [6, 6.07) is 5.35. The van der Waals surface area contributed by atoms with Crippen LogP contribution in [0.1, 0.15) is 15.9 Å². The Kier molecular flexibility index (Phi) is 3.46. The maximum Gasteiger partial charge on any atom is 0.254 e. The van der Waals surface area contributed by atoms with Gasteiger partial charge in [0.15, 0.2) is 0 Å². The number of halogens is 1. The first-order chi connectivity index (χ1) is 7.68. The first kappa shape index (κ1) is 11.4. The molecule has 1 aliphatic heterocycles. The van der Waals surface area contributed by atoms with Crippen LogP contribution in [0.25, 0.3) is 0 Å². The maximum atomic E-state index is 12.2. The van der Waals surface area contributed by atoms with Gasteiger partial charge in [-0.3, -0.25) is 4.79 Å². The number of benzene rings is 1. The highest BCUT2D eigenvalue weighted by Crippen LogP contribution is 2.17. The Bertz CT molecular complexity index is 400. The fraction of sp³-hybridized carbons (Fsp3) is 0.417. The first-order valence-electron chi connectivity index (χ1n) is 5.31. The van der Waals surface area contributed by atoms with Crippen LogP contribution in [0.15, 0.2) is 18.2 Å². The Balaban J connectivity index is 2.19. The summed E-state index contributed by atoms with van der Waals surface area (Å²) >= 11 is 5.86. The zero-order chi connectivity index (χ0) is 11.5. The second-order valence-corrected chi connectivity index (χ2v) is 4.30. The molecule has 2 rings (SSSR count). The molecule has 0 bridgehead atoms. The molecular weight excluding hydrogens is 226 g/mol. The lowest BCUT2D eigenvalue weighted by molar-refractivity contribution is 0.0302. The van der Waals surface area contributed by atoms with E-state index < -0.39 is 0 Å². The second kappa shape index (κ2) is 4.85. The fourth-order valence-corrected chi connectivity index (χ4v) is 2.03. The minimum Gasteiger partial charge on any atom is -0.378 e. The number of carbonyl (C=O) groups excluding carboxylic acids is 1. The van der Waals surface area contributed by atoms with Crippen LogP contribution >= 0.6 is 11.6 Å². The van der Waals surface area contributed by atoms with E-state index in [0.717, 1.165) is 11.1 Å². The summed E-state index contributed by atoms with van der Waals surface area (Å²) in [5.41, 5.74) is 1.65. The molecule has 1 aromatic rings. The summed E-state index contributed by atoms with van der Waals surface area (Å²) in [7, 11) is 0. The SMILES string of the molecule is Cc1cc(Cl)ccc1C(=O)N1CCOCC1. The molecule has 3 nitrogen and oxygen atoms in total. The maximum absolute atomic E-state index is 12.2. The Morgan fingerprint density at radius 1 is 1.38 bits per heavy atom. The lowest BCUT2D eigenvalue weighted by Gasteiger charge is -2.27. The van der Waals surface area contributed by atoms with Crippen molar-refractivity contribution in [1.82, 2.24) is 4.90 Å². The zero-order valence-electron chi connectivity index (χ0n) is 9.20. The molecule has 0 atom stereocenters. The monoisotopic (exact) mass is 239 g/mol. The number of ether oxygens (including phenoxy) is 1. The van der Waals surface area contributed by atoms with Crippen LogP contribution in [-0.4, -0.2) is 37.1 Å². The molecule has 0 radical (unpaired) electrons. The van der Waals surface area contributed by atoms with Gasteiger partial charge >= 0.3 is 0 Å². The summed E-state index contributed by atoms with van der Waals surface area (Å²) in [6.45, 7) is 4.48.